The van der Waals surface area contributed by atoms with E-state index in [9.17, 15) is 14.7 Å². The molecular weight excluding hydrogens is 447 g/mol. The lowest BCUT2D eigenvalue weighted by atomic mass is 10.1. The first-order chi connectivity index (χ1) is 11.8. The number of halogens is 1. The summed E-state index contributed by atoms with van der Waals surface area (Å²) in [5, 5.41) is 19.1. The molecule has 0 saturated carbocycles. The van der Waals surface area contributed by atoms with E-state index in [4.69, 9.17) is 19.3 Å². The average molecular weight is 464 g/mol. The zero-order valence-electron chi connectivity index (χ0n) is 13.4. The van der Waals surface area contributed by atoms with Gasteiger partial charge in [0.15, 0.2) is 15.0 Å². The fourth-order valence-corrected chi connectivity index (χ4v) is 2.08. The van der Waals surface area contributed by atoms with Crippen LogP contribution in [-0.4, -0.2) is 62.8 Å². The topological polar surface area (TPSA) is 128 Å². The maximum Gasteiger partial charge on any atom is 0.335 e. The summed E-state index contributed by atoms with van der Waals surface area (Å²) in [5.74, 6) is -1.17. The summed E-state index contributed by atoms with van der Waals surface area (Å²) in [5.41, 5.74) is -1.40. The Morgan fingerprint density at radius 1 is 1.36 bits per heavy atom. The van der Waals surface area contributed by atoms with Gasteiger partial charge in [0.1, 0.15) is 19.0 Å². The summed E-state index contributed by atoms with van der Waals surface area (Å²) in [7, 11) is 0. The van der Waals surface area contributed by atoms with E-state index in [1.807, 2.05) is 0 Å². The highest BCUT2D eigenvalue weighted by Gasteiger charge is 2.40. The molecule has 1 aliphatic rings. The van der Waals surface area contributed by atoms with E-state index in [1.165, 1.54) is 19.1 Å². The lowest BCUT2D eigenvalue weighted by molar-refractivity contribution is -0.142. The molecule has 0 unspecified atom stereocenters. The number of carbonyl (C=O) groups is 2. The van der Waals surface area contributed by atoms with E-state index in [0.717, 1.165) is 0 Å². The molecule has 1 aromatic rings. The van der Waals surface area contributed by atoms with E-state index >= 15 is 0 Å². The molecule has 1 aromatic heterocycles. The number of ether oxygens (including phenoxy) is 3. The van der Waals surface area contributed by atoms with Crippen molar-refractivity contribution in [3.05, 3.63) is 17.8 Å². The van der Waals surface area contributed by atoms with Crippen molar-refractivity contribution in [2.24, 2.45) is 4.99 Å². The quantitative estimate of drug-likeness (QED) is 0.317. The maximum absolute atomic E-state index is 11.2. The Bertz CT molecular complexity index is 694. The molecule has 0 aliphatic carbocycles. The molecule has 2 N–H and O–H groups in total. The van der Waals surface area contributed by atoms with Gasteiger partial charge in [0.05, 0.1) is 13.2 Å². The number of carboxylic acids is 1. The molecule has 0 radical (unpaired) electrons. The Hall–Kier alpha value is -1.95. The third kappa shape index (κ3) is 5.26. The van der Waals surface area contributed by atoms with E-state index in [0.29, 0.717) is 13.0 Å². The number of carbonyl (C=O) groups excluding carboxylic acids is 1. The molecule has 1 aliphatic heterocycles. The second-order valence-electron chi connectivity index (χ2n) is 5.37. The number of rotatable bonds is 9. The predicted octanol–water partition coefficient (Wildman–Crippen LogP) is 1.15. The summed E-state index contributed by atoms with van der Waals surface area (Å²) >= 11 is 1.70. The molecule has 136 valence electrons. The van der Waals surface area contributed by atoms with Gasteiger partial charge in [-0.3, -0.25) is 4.79 Å². The SMILES string of the molecule is C[C@]1(C(=O)O)COC(c2nc(OCCOCCC(=O)I)ccc2O)=N1. The van der Waals surface area contributed by atoms with Gasteiger partial charge in [-0.05, 0) is 35.6 Å². The molecule has 0 fully saturated rings. The van der Waals surface area contributed by atoms with Crippen LogP contribution in [0.2, 0.25) is 0 Å². The van der Waals surface area contributed by atoms with E-state index in [2.05, 4.69) is 9.98 Å². The number of carboxylic acid groups (broad SMARTS) is 1. The number of aliphatic carboxylic acids is 1. The minimum absolute atomic E-state index is 0.0129. The minimum atomic E-state index is -1.41. The maximum atomic E-state index is 11.2. The van der Waals surface area contributed by atoms with Crippen LogP contribution in [0.15, 0.2) is 17.1 Å². The number of aliphatic imine (C=N–C) groups is 1. The number of nitrogens with zero attached hydrogens (tertiary/aromatic N) is 2. The first-order valence-electron chi connectivity index (χ1n) is 7.37. The normalized spacial score (nSPS) is 19.2. The third-order valence-electron chi connectivity index (χ3n) is 3.27. The van der Waals surface area contributed by atoms with E-state index in [-0.39, 0.29) is 46.8 Å². The Morgan fingerprint density at radius 2 is 2.12 bits per heavy atom. The van der Waals surface area contributed by atoms with Crippen molar-refractivity contribution in [2.75, 3.05) is 26.4 Å². The van der Waals surface area contributed by atoms with E-state index < -0.39 is 11.5 Å². The molecule has 1 atom stereocenters. The van der Waals surface area contributed by atoms with Crippen molar-refractivity contribution in [3.8, 4) is 11.6 Å². The van der Waals surface area contributed by atoms with Crippen molar-refractivity contribution in [1.82, 2.24) is 4.98 Å². The van der Waals surface area contributed by atoms with Crippen LogP contribution in [0.5, 0.6) is 11.6 Å². The Morgan fingerprint density at radius 3 is 2.76 bits per heavy atom. The molecule has 2 rings (SSSR count). The summed E-state index contributed by atoms with van der Waals surface area (Å²) in [4.78, 5) is 30.0. The van der Waals surface area contributed by atoms with E-state index in [1.54, 1.807) is 22.6 Å². The molecular formula is C15H17IN2O7. The van der Waals surface area contributed by atoms with Crippen molar-refractivity contribution >= 4 is 38.2 Å². The number of pyridine rings is 1. The standard InChI is InChI=1S/C15H17IN2O7/c1-15(14(21)22)8-25-13(18-15)12-9(19)2-3-11(17-12)24-7-6-23-5-4-10(16)20/h2-3,19H,4-8H2,1H3,(H,21,22)/t15-/m1/s1. The monoisotopic (exact) mass is 464 g/mol. The summed E-state index contributed by atoms with van der Waals surface area (Å²) in [6, 6.07) is 2.81. The zero-order chi connectivity index (χ0) is 18.4. The molecule has 0 amide bonds. The van der Waals surface area contributed by atoms with Gasteiger partial charge in [0.2, 0.25) is 11.8 Å². The van der Waals surface area contributed by atoms with Gasteiger partial charge in [-0.25, -0.2) is 14.8 Å². The number of hydrogen-bond acceptors (Lipinski definition) is 8. The van der Waals surface area contributed by atoms with Crippen molar-refractivity contribution in [1.29, 1.82) is 0 Å². The third-order valence-corrected chi connectivity index (χ3v) is 3.81. The lowest BCUT2D eigenvalue weighted by Gasteiger charge is -2.10. The fraction of sp³-hybridized carbons (Fsp3) is 0.467. The van der Waals surface area contributed by atoms with Crippen molar-refractivity contribution in [2.45, 2.75) is 18.9 Å². The number of hydrogen-bond donors (Lipinski definition) is 2. The lowest BCUT2D eigenvalue weighted by Crippen LogP contribution is -2.34. The molecule has 25 heavy (non-hydrogen) atoms. The van der Waals surface area contributed by atoms with Crippen LogP contribution in [0, 0.1) is 0 Å². The Labute approximate surface area is 157 Å². The van der Waals surface area contributed by atoms with Crippen LogP contribution in [0.4, 0.5) is 0 Å². The van der Waals surface area contributed by atoms with Crippen LogP contribution < -0.4 is 4.74 Å². The van der Waals surface area contributed by atoms with Crippen LogP contribution in [0.25, 0.3) is 0 Å². The predicted molar refractivity (Wildman–Crippen MR) is 94.4 cm³/mol. The Balaban J connectivity index is 1.97. The summed E-state index contributed by atoms with van der Waals surface area (Å²) < 4.78 is 15.9. The molecule has 0 bridgehead atoms. The molecule has 2 heterocycles. The molecule has 0 spiro atoms. The van der Waals surface area contributed by atoms with Crippen molar-refractivity contribution in [3.63, 3.8) is 0 Å². The minimum Gasteiger partial charge on any atom is -0.505 e. The van der Waals surface area contributed by atoms with Crippen LogP contribution in [0.1, 0.15) is 19.0 Å². The number of aromatic hydroxyl groups is 1. The fourth-order valence-electron chi connectivity index (χ4n) is 1.86. The van der Waals surface area contributed by atoms with Gasteiger partial charge in [0.25, 0.3) is 0 Å². The second-order valence-corrected chi connectivity index (χ2v) is 6.57. The second kappa shape index (κ2) is 8.43. The summed E-state index contributed by atoms with van der Waals surface area (Å²) in [6.07, 6.45) is 0.335. The van der Waals surface area contributed by atoms with Gasteiger partial charge in [-0.2, -0.15) is 0 Å². The first-order valence-corrected chi connectivity index (χ1v) is 8.45. The molecule has 0 aromatic carbocycles. The molecule has 10 heteroatoms. The largest absolute Gasteiger partial charge is 0.505 e. The van der Waals surface area contributed by atoms with Crippen LogP contribution in [-0.2, 0) is 19.1 Å². The van der Waals surface area contributed by atoms with Crippen LogP contribution in [0.3, 0.4) is 0 Å². The number of aromatic nitrogens is 1. The highest BCUT2D eigenvalue weighted by molar-refractivity contribution is 14.1. The zero-order valence-corrected chi connectivity index (χ0v) is 15.6. The summed E-state index contributed by atoms with van der Waals surface area (Å²) in [6.45, 7) is 2.06. The highest BCUT2D eigenvalue weighted by atomic mass is 127. The first kappa shape index (κ1) is 19.4. The smallest absolute Gasteiger partial charge is 0.335 e. The van der Waals surface area contributed by atoms with Crippen molar-refractivity contribution < 1.29 is 34.0 Å². The molecule has 0 saturated heterocycles. The van der Waals surface area contributed by atoms with Gasteiger partial charge in [-0.1, -0.05) is 0 Å². The van der Waals surface area contributed by atoms with Gasteiger partial charge in [0, 0.05) is 12.5 Å². The van der Waals surface area contributed by atoms with Crippen LogP contribution >= 0.6 is 22.6 Å². The average Bonchev–Trinajstić information content (AvgIpc) is 2.95. The molecule has 9 nitrogen and oxygen atoms in total. The van der Waals surface area contributed by atoms with Gasteiger partial charge in [-0.15, -0.1) is 0 Å². The Kier molecular flexibility index (Phi) is 6.53. The highest BCUT2D eigenvalue weighted by Crippen LogP contribution is 2.26. The van der Waals surface area contributed by atoms with Gasteiger partial charge >= 0.3 is 5.97 Å². The van der Waals surface area contributed by atoms with Gasteiger partial charge < -0.3 is 24.4 Å².